The van der Waals surface area contributed by atoms with E-state index in [9.17, 15) is 4.79 Å². The monoisotopic (exact) mass is 344 g/mol. The van der Waals surface area contributed by atoms with Crippen LogP contribution < -0.4 is 9.62 Å². The third-order valence-electron chi connectivity index (χ3n) is 5.06. The van der Waals surface area contributed by atoms with Gasteiger partial charge in [0.05, 0.1) is 0 Å². The summed E-state index contributed by atoms with van der Waals surface area (Å²) in [6.45, 7) is 5.64. The number of nitrogens with zero attached hydrogens (tertiary/aromatic N) is 6. The molecule has 2 atom stereocenters. The van der Waals surface area contributed by atoms with Gasteiger partial charge in [0.15, 0.2) is 0 Å². The SMILES string of the molecule is O=C1c2cccc(n2)N2[B]N(CCN3[B]N(CC3)c3cccc1n3)CC2. The number of carbonyl (C=O) groups excluding carboxylic acids is 1. The molecule has 8 bridgehead atoms. The maximum absolute atomic E-state index is 12.9. The Morgan fingerprint density at radius 1 is 0.692 bits per heavy atom. The van der Waals surface area contributed by atoms with Gasteiger partial charge in [0, 0.05) is 39.3 Å². The van der Waals surface area contributed by atoms with E-state index in [1.165, 1.54) is 0 Å². The predicted octanol–water partition coefficient (Wildman–Crippen LogP) is 0.0336. The minimum Gasteiger partial charge on any atom is -0.388 e. The van der Waals surface area contributed by atoms with Gasteiger partial charge in [-0.1, -0.05) is 12.1 Å². The third-order valence-corrected chi connectivity index (χ3v) is 5.06. The van der Waals surface area contributed by atoms with Crippen molar-refractivity contribution in [3.63, 3.8) is 0 Å². The zero-order valence-electron chi connectivity index (χ0n) is 14.5. The van der Waals surface area contributed by atoms with E-state index in [0.29, 0.717) is 11.4 Å². The second-order valence-corrected chi connectivity index (χ2v) is 6.78. The zero-order chi connectivity index (χ0) is 17.5. The normalized spacial score (nSPS) is 24.5. The highest BCUT2D eigenvalue weighted by Crippen LogP contribution is 2.20. The first-order chi connectivity index (χ1) is 12.8. The van der Waals surface area contributed by atoms with Crippen LogP contribution in [0.5, 0.6) is 0 Å². The fourth-order valence-electron chi connectivity index (χ4n) is 3.59. The summed E-state index contributed by atoms with van der Waals surface area (Å²) in [5.74, 6) is 1.47. The molecule has 0 aromatic carbocycles. The van der Waals surface area contributed by atoms with Crippen molar-refractivity contribution in [1.29, 1.82) is 0 Å². The molecule has 2 aromatic rings. The Balaban J connectivity index is 1.55. The maximum atomic E-state index is 12.9. The fourth-order valence-corrected chi connectivity index (χ4v) is 3.59. The molecule has 0 amide bonds. The molecule has 3 aliphatic heterocycles. The van der Waals surface area contributed by atoms with Crippen molar-refractivity contribution >= 4 is 32.5 Å². The molecule has 0 aliphatic carbocycles. The van der Waals surface area contributed by atoms with Crippen LogP contribution in [0, 0.1) is 0 Å². The van der Waals surface area contributed by atoms with E-state index in [-0.39, 0.29) is 5.78 Å². The largest absolute Gasteiger partial charge is 0.388 e. The second-order valence-electron chi connectivity index (χ2n) is 6.78. The van der Waals surface area contributed by atoms with Crippen LogP contribution in [0.2, 0.25) is 0 Å². The molecule has 26 heavy (non-hydrogen) atoms. The van der Waals surface area contributed by atoms with Crippen LogP contribution in [-0.4, -0.2) is 79.7 Å². The van der Waals surface area contributed by atoms with Gasteiger partial charge in [0.1, 0.15) is 23.0 Å². The lowest BCUT2D eigenvalue weighted by Gasteiger charge is -2.20. The lowest BCUT2D eigenvalue weighted by molar-refractivity contribution is 0.103. The van der Waals surface area contributed by atoms with E-state index in [0.717, 1.165) is 50.9 Å². The summed E-state index contributed by atoms with van der Waals surface area (Å²) in [5.41, 5.74) is 0.863. The van der Waals surface area contributed by atoms with Gasteiger partial charge in [-0.2, -0.15) is 0 Å². The third kappa shape index (κ3) is 2.87. The Labute approximate surface area is 154 Å². The first kappa shape index (κ1) is 15.8. The molecule has 2 fully saturated rings. The molecule has 2 saturated heterocycles. The van der Waals surface area contributed by atoms with Crippen LogP contribution in [0.4, 0.5) is 11.6 Å². The van der Waals surface area contributed by atoms with Crippen LogP contribution in [0.25, 0.3) is 0 Å². The van der Waals surface area contributed by atoms with Gasteiger partial charge in [-0.3, -0.25) is 4.79 Å². The smallest absolute Gasteiger partial charge is 0.353 e. The molecule has 9 heteroatoms. The molecule has 2 unspecified atom stereocenters. The van der Waals surface area contributed by atoms with Crippen molar-refractivity contribution in [2.45, 2.75) is 0 Å². The minimum atomic E-state index is -0.143. The lowest BCUT2D eigenvalue weighted by atomic mass is 10.1. The van der Waals surface area contributed by atoms with Crippen molar-refractivity contribution < 1.29 is 4.79 Å². The highest BCUT2D eigenvalue weighted by atomic mass is 16.1. The summed E-state index contributed by atoms with van der Waals surface area (Å²) in [5, 5.41) is 0. The average Bonchev–Trinajstić information content (AvgIpc) is 3.35. The highest BCUT2D eigenvalue weighted by Gasteiger charge is 2.28. The summed E-state index contributed by atoms with van der Waals surface area (Å²) in [4.78, 5) is 30.9. The number of anilines is 2. The number of fused-ring (bicyclic) bond motifs is 10. The average molecular weight is 344 g/mol. The van der Waals surface area contributed by atoms with Gasteiger partial charge in [-0.15, -0.1) is 0 Å². The second kappa shape index (κ2) is 6.41. The Hall–Kier alpha value is -2.38. The van der Waals surface area contributed by atoms with E-state index in [2.05, 4.69) is 44.3 Å². The summed E-state index contributed by atoms with van der Waals surface area (Å²) >= 11 is 0. The van der Waals surface area contributed by atoms with Crippen molar-refractivity contribution in [2.24, 2.45) is 0 Å². The number of rotatable bonds is 0. The van der Waals surface area contributed by atoms with Crippen LogP contribution in [0.1, 0.15) is 16.2 Å². The molecule has 128 valence electrons. The van der Waals surface area contributed by atoms with Gasteiger partial charge >= 0.3 is 15.1 Å². The molecule has 2 aromatic heterocycles. The molecule has 2 radical (unpaired) electrons. The first-order valence-electron chi connectivity index (χ1n) is 8.96. The van der Waals surface area contributed by atoms with Crippen LogP contribution in [0.15, 0.2) is 36.4 Å². The number of aromatic nitrogens is 2. The van der Waals surface area contributed by atoms with E-state index >= 15 is 0 Å². The Kier molecular flexibility index (Phi) is 3.90. The molecule has 0 N–H and O–H groups in total. The molecule has 5 rings (SSSR count). The molecule has 0 saturated carbocycles. The Bertz CT molecular complexity index is 782. The van der Waals surface area contributed by atoms with Gasteiger partial charge in [-0.25, -0.2) is 9.97 Å². The van der Waals surface area contributed by atoms with Crippen LogP contribution in [-0.2, 0) is 0 Å². The fraction of sp³-hybridized carbons (Fsp3) is 0.353. The molecule has 5 heterocycles. The van der Waals surface area contributed by atoms with E-state index in [1.54, 1.807) is 12.1 Å². The highest BCUT2D eigenvalue weighted by molar-refractivity contribution is 6.40. The van der Waals surface area contributed by atoms with E-state index in [1.807, 2.05) is 24.3 Å². The van der Waals surface area contributed by atoms with Crippen molar-refractivity contribution in [1.82, 2.24) is 19.6 Å². The summed E-state index contributed by atoms with van der Waals surface area (Å²) in [6.07, 6.45) is 0. The van der Waals surface area contributed by atoms with E-state index in [4.69, 9.17) is 0 Å². The number of hydrogen-bond donors (Lipinski definition) is 0. The number of pyridine rings is 2. The summed E-state index contributed by atoms with van der Waals surface area (Å²) < 4.78 is 0. The van der Waals surface area contributed by atoms with Gasteiger partial charge in [-0.05, 0) is 24.3 Å². The molecular formula is C17H18B2N6O. The van der Waals surface area contributed by atoms with Crippen molar-refractivity contribution in [3.05, 3.63) is 47.8 Å². The quantitative estimate of drug-likeness (QED) is 0.626. The summed E-state index contributed by atoms with van der Waals surface area (Å²) in [7, 11) is 4.23. The zero-order valence-corrected chi connectivity index (χ0v) is 14.5. The standard InChI is InChI=1S/C17H18B2N6O/c26-17-13-3-1-5-15(20-13)24-11-9-22(18-24)7-8-23-10-12-25(19-23)16-6-2-4-14(17)21-16/h1-6H,7-12H2. The number of hydrogen-bond acceptors (Lipinski definition) is 7. The molecule has 7 nitrogen and oxygen atoms in total. The molecular weight excluding hydrogens is 326 g/mol. The number of ketones is 1. The first-order valence-corrected chi connectivity index (χ1v) is 8.96. The number of carbonyl (C=O) groups is 1. The minimum absolute atomic E-state index is 0.143. The Morgan fingerprint density at radius 2 is 1.15 bits per heavy atom. The van der Waals surface area contributed by atoms with E-state index < -0.39 is 0 Å². The molecule has 3 aliphatic rings. The van der Waals surface area contributed by atoms with Crippen molar-refractivity contribution in [3.8, 4) is 0 Å². The van der Waals surface area contributed by atoms with Gasteiger partial charge in [0.25, 0.3) is 0 Å². The van der Waals surface area contributed by atoms with Gasteiger partial charge in [0.2, 0.25) is 5.78 Å². The maximum Gasteiger partial charge on any atom is 0.353 e. The van der Waals surface area contributed by atoms with Crippen LogP contribution >= 0.6 is 0 Å². The lowest BCUT2D eigenvalue weighted by Crippen LogP contribution is -2.38. The predicted molar refractivity (Wildman–Crippen MR) is 101 cm³/mol. The molecule has 0 spiro atoms. The topological polar surface area (TPSA) is 55.8 Å². The van der Waals surface area contributed by atoms with Crippen molar-refractivity contribution in [2.75, 3.05) is 48.9 Å². The Morgan fingerprint density at radius 3 is 1.65 bits per heavy atom. The van der Waals surface area contributed by atoms with Gasteiger partial charge < -0.3 is 19.2 Å². The summed E-state index contributed by atoms with van der Waals surface area (Å²) in [6, 6.07) is 11.2. The van der Waals surface area contributed by atoms with Crippen LogP contribution in [0.3, 0.4) is 0 Å².